The number of rotatable bonds is 11. The molecule has 0 atom stereocenters. The topological polar surface area (TPSA) is 128 Å². The van der Waals surface area contributed by atoms with Crippen LogP contribution in [0.4, 0.5) is 0 Å². The van der Waals surface area contributed by atoms with Gasteiger partial charge in [0, 0.05) is 19.3 Å². The molecule has 0 bridgehead atoms. The minimum absolute atomic E-state index is 0.0598. The standard InChI is InChI=1S/C16H21N3O8/c1-4-12(20)26-10-7-18-14(22)17(6-9-25-3)15(23)19(16(18)24)8-11-27-13(21)5-2/h4-5H,1-2,6-11H2,3H3. The molecular weight excluding hydrogens is 362 g/mol. The van der Waals surface area contributed by atoms with Crippen LogP contribution in [0.5, 0.6) is 0 Å². The van der Waals surface area contributed by atoms with Crippen LogP contribution in [0.1, 0.15) is 0 Å². The van der Waals surface area contributed by atoms with Crippen LogP contribution < -0.4 is 17.1 Å². The number of hydrogen-bond donors (Lipinski definition) is 0. The molecule has 1 aromatic rings. The molecule has 0 saturated heterocycles. The molecule has 0 unspecified atom stereocenters. The SMILES string of the molecule is C=CC(=O)OCCn1c(=O)n(CCOC)c(=O)n(CCOC(=O)C=C)c1=O. The fraction of sp³-hybridized carbons (Fsp3) is 0.438. The molecule has 0 aliphatic heterocycles. The second-order valence-electron chi connectivity index (χ2n) is 5.04. The largest absolute Gasteiger partial charge is 0.461 e. The second-order valence-corrected chi connectivity index (χ2v) is 5.04. The molecule has 1 heterocycles. The summed E-state index contributed by atoms with van der Waals surface area (Å²) < 4.78 is 16.7. The maximum Gasteiger partial charge on any atom is 0.336 e. The van der Waals surface area contributed by atoms with Gasteiger partial charge in [-0.1, -0.05) is 13.2 Å². The highest BCUT2D eigenvalue weighted by atomic mass is 16.5. The highest BCUT2D eigenvalue weighted by Crippen LogP contribution is 1.85. The van der Waals surface area contributed by atoms with E-state index in [9.17, 15) is 24.0 Å². The summed E-state index contributed by atoms with van der Waals surface area (Å²) in [6.07, 6.45) is 1.88. The average Bonchev–Trinajstić information content (AvgIpc) is 2.66. The number of hydrogen-bond acceptors (Lipinski definition) is 8. The van der Waals surface area contributed by atoms with E-state index in [-0.39, 0.29) is 39.5 Å². The van der Waals surface area contributed by atoms with Crippen LogP contribution in [-0.2, 0) is 43.4 Å². The Morgan fingerprint density at radius 1 is 0.778 bits per heavy atom. The van der Waals surface area contributed by atoms with Gasteiger partial charge in [-0.3, -0.25) is 0 Å². The summed E-state index contributed by atoms with van der Waals surface area (Å²) in [5, 5.41) is 0. The highest BCUT2D eigenvalue weighted by Gasteiger charge is 2.16. The zero-order chi connectivity index (χ0) is 20.4. The summed E-state index contributed by atoms with van der Waals surface area (Å²) in [4.78, 5) is 59.6. The normalized spacial score (nSPS) is 10.3. The fourth-order valence-electron chi connectivity index (χ4n) is 2.03. The van der Waals surface area contributed by atoms with E-state index in [1.165, 1.54) is 7.11 Å². The van der Waals surface area contributed by atoms with Gasteiger partial charge in [-0.2, -0.15) is 0 Å². The van der Waals surface area contributed by atoms with Gasteiger partial charge in [0.25, 0.3) is 0 Å². The minimum atomic E-state index is -0.914. The maximum atomic E-state index is 12.5. The van der Waals surface area contributed by atoms with Crippen molar-refractivity contribution in [1.82, 2.24) is 13.7 Å². The highest BCUT2D eigenvalue weighted by molar-refractivity contribution is 5.81. The molecular formula is C16H21N3O8. The number of esters is 2. The molecule has 27 heavy (non-hydrogen) atoms. The van der Waals surface area contributed by atoms with E-state index in [0.717, 1.165) is 25.9 Å². The van der Waals surface area contributed by atoms with E-state index in [1.807, 2.05) is 0 Å². The predicted molar refractivity (Wildman–Crippen MR) is 93.4 cm³/mol. The van der Waals surface area contributed by atoms with Crippen molar-refractivity contribution in [2.45, 2.75) is 19.6 Å². The van der Waals surface area contributed by atoms with Gasteiger partial charge in [0.1, 0.15) is 13.2 Å². The predicted octanol–water partition coefficient (Wildman–Crippen LogP) is -1.72. The van der Waals surface area contributed by atoms with Gasteiger partial charge in [-0.15, -0.1) is 0 Å². The quantitative estimate of drug-likeness (QED) is 0.326. The Bertz CT molecular complexity index is 813. The third-order valence-corrected chi connectivity index (χ3v) is 3.36. The Kier molecular flexibility index (Phi) is 8.66. The molecule has 0 amide bonds. The van der Waals surface area contributed by atoms with Crippen molar-refractivity contribution < 1.29 is 23.8 Å². The Balaban J connectivity index is 3.22. The minimum Gasteiger partial charge on any atom is -0.461 e. The van der Waals surface area contributed by atoms with Crippen LogP contribution in [0, 0.1) is 0 Å². The van der Waals surface area contributed by atoms with Crippen molar-refractivity contribution in [2.24, 2.45) is 0 Å². The third-order valence-electron chi connectivity index (χ3n) is 3.36. The fourth-order valence-corrected chi connectivity index (χ4v) is 2.03. The molecule has 0 aliphatic carbocycles. The van der Waals surface area contributed by atoms with Gasteiger partial charge in [0.05, 0.1) is 26.2 Å². The Hall–Kier alpha value is -3.21. The van der Waals surface area contributed by atoms with Crippen molar-refractivity contribution >= 4 is 11.9 Å². The lowest BCUT2D eigenvalue weighted by molar-refractivity contribution is -0.138. The lowest BCUT2D eigenvalue weighted by atomic mass is 10.5. The molecule has 0 spiro atoms. The number of carbonyl (C=O) groups excluding carboxylic acids is 2. The zero-order valence-corrected chi connectivity index (χ0v) is 14.9. The molecule has 1 rings (SSSR count). The van der Waals surface area contributed by atoms with Gasteiger partial charge in [-0.25, -0.2) is 37.7 Å². The number of ether oxygens (including phenoxy) is 3. The van der Waals surface area contributed by atoms with Crippen molar-refractivity contribution in [1.29, 1.82) is 0 Å². The molecule has 11 heteroatoms. The maximum absolute atomic E-state index is 12.5. The molecule has 0 aromatic carbocycles. The van der Waals surface area contributed by atoms with Crippen LogP contribution in [0.2, 0.25) is 0 Å². The first kappa shape index (κ1) is 21.8. The summed E-state index contributed by atoms with van der Waals surface area (Å²) in [5.41, 5.74) is -2.64. The first-order valence-electron chi connectivity index (χ1n) is 7.89. The third kappa shape index (κ3) is 5.92. The average molecular weight is 383 g/mol. The summed E-state index contributed by atoms with van der Waals surface area (Å²) in [7, 11) is 1.39. The van der Waals surface area contributed by atoms with Crippen LogP contribution in [-0.4, -0.2) is 52.6 Å². The van der Waals surface area contributed by atoms with Gasteiger partial charge < -0.3 is 14.2 Å². The van der Waals surface area contributed by atoms with Gasteiger partial charge in [-0.05, 0) is 0 Å². The molecule has 148 valence electrons. The molecule has 11 nitrogen and oxygen atoms in total. The Labute approximate surface area is 153 Å². The number of carbonyl (C=O) groups is 2. The summed E-state index contributed by atoms with van der Waals surface area (Å²) in [6.45, 7) is 5.36. The van der Waals surface area contributed by atoms with E-state index in [1.54, 1.807) is 0 Å². The van der Waals surface area contributed by atoms with Crippen molar-refractivity contribution in [3.63, 3.8) is 0 Å². The monoisotopic (exact) mass is 383 g/mol. The number of aromatic nitrogens is 3. The molecule has 0 radical (unpaired) electrons. The van der Waals surface area contributed by atoms with E-state index < -0.39 is 29.0 Å². The first-order chi connectivity index (χ1) is 12.9. The molecule has 0 fully saturated rings. The summed E-state index contributed by atoms with van der Waals surface area (Å²) in [5.74, 6) is -1.43. The smallest absolute Gasteiger partial charge is 0.336 e. The van der Waals surface area contributed by atoms with E-state index >= 15 is 0 Å². The Morgan fingerprint density at radius 2 is 1.11 bits per heavy atom. The summed E-state index contributed by atoms with van der Waals surface area (Å²) >= 11 is 0. The van der Waals surface area contributed by atoms with Crippen LogP contribution in [0.15, 0.2) is 39.7 Å². The van der Waals surface area contributed by atoms with Crippen LogP contribution >= 0.6 is 0 Å². The Morgan fingerprint density at radius 3 is 1.41 bits per heavy atom. The van der Waals surface area contributed by atoms with Crippen LogP contribution in [0.3, 0.4) is 0 Å². The van der Waals surface area contributed by atoms with Gasteiger partial charge in [0.2, 0.25) is 0 Å². The van der Waals surface area contributed by atoms with E-state index in [2.05, 4.69) is 13.2 Å². The van der Waals surface area contributed by atoms with E-state index in [0.29, 0.717) is 0 Å². The van der Waals surface area contributed by atoms with Gasteiger partial charge >= 0.3 is 29.0 Å². The van der Waals surface area contributed by atoms with Crippen molar-refractivity contribution in [3.8, 4) is 0 Å². The zero-order valence-electron chi connectivity index (χ0n) is 14.9. The van der Waals surface area contributed by atoms with Crippen molar-refractivity contribution in [2.75, 3.05) is 26.9 Å². The number of methoxy groups -OCH3 is 1. The molecule has 0 saturated carbocycles. The molecule has 0 N–H and O–H groups in total. The van der Waals surface area contributed by atoms with E-state index in [4.69, 9.17) is 14.2 Å². The summed E-state index contributed by atoms with van der Waals surface area (Å²) in [6, 6.07) is 0. The van der Waals surface area contributed by atoms with Crippen LogP contribution in [0.25, 0.3) is 0 Å². The van der Waals surface area contributed by atoms with Gasteiger partial charge in [0.15, 0.2) is 0 Å². The lowest BCUT2D eigenvalue weighted by Gasteiger charge is -2.13. The lowest BCUT2D eigenvalue weighted by Crippen LogP contribution is -2.55. The first-order valence-corrected chi connectivity index (χ1v) is 7.89. The number of nitrogens with zero attached hydrogens (tertiary/aromatic N) is 3. The molecule has 1 aromatic heterocycles. The molecule has 0 aliphatic rings. The second kappa shape index (κ2) is 10.7. The van der Waals surface area contributed by atoms with Crippen molar-refractivity contribution in [3.05, 3.63) is 56.8 Å².